The van der Waals surface area contributed by atoms with Crippen LogP contribution in [0.5, 0.6) is 5.75 Å². The number of benzene rings is 3. The zero-order valence-electron chi connectivity index (χ0n) is 27.2. The van der Waals surface area contributed by atoms with Crippen molar-refractivity contribution in [1.82, 2.24) is 5.32 Å². The summed E-state index contributed by atoms with van der Waals surface area (Å²) in [5.41, 5.74) is 3.30. The lowest BCUT2D eigenvalue weighted by Crippen LogP contribution is -2.55. The summed E-state index contributed by atoms with van der Waals surface area (Å²) in [5.74, 6) is -0.682. The third-order valence-corrected chi connectivity index (χ3v) is 8.93. The maximum absolute atomic E-state index is 13.5. The number of rotatable bonds is 20. The number of hydrogen-bond acceptors (Lipinski definition) is 5. The van der Waals surface area contributed by atoms with Gasteiger partial charge in [-0.25, -0.2) is 4.39 Å². The summed E-state index contributed by atoms with van der Waals surface area (Å²) in [4.78, 5) is 38.2. The van der Waals surface area contributed by atoms with Crippen molar-refractivity contribution in [3.8, 4) is 5.75 Å². The maximum Gasteiger partial charge on any atom is 0.303 e. The highest BCUT2D eigenvalue weighted by atomic mass is 19.1. The third kappa shape index (κ3) is 10.6. The summed E-state index contributed by atoms with van der Waals surface area (Å²) in [7, 11) is 1.61. The minimum atomic E-state index is -0.795. The van der Waals surface area contributed by atoms with Crippen molar-refractivity contribution in [2.75, 3.05) is 12.0 Å². The summed E-state index contributed by atoms with van der Waals surface area (Å²) in [6, 6.07) is 20.9. The molecule has 0 radical (unpaired) electrons. The van der Waals surface area contributed by atoms with Gasteiger partial charge in [-0.15, -0.1) is 0 Å². The average molecular weight is 647 g/mol. The van der Waals surface area contributed by atoms with Crippen molar-refractivity contribution >= 4 is 23.5 Å². The van der Waals surface area contributed by atoms with E-state index in [9.17, 15) is 23.9 Å². The van der Waals surface area contributed by atoms with Gasteiger partial charge in [0.15, 0.2) is 0 Å². The molecule has 0 aromatic heterocycles. The van der Waals surface area contributed by atoms with Crippen LogP contribution < -0.4 is 15.0 Å². The van der Waals surface area contributed by atoms with E-state index in [0.29, 0.717) is 31.4 Å². The van der Waals surface area contributed by atoms with Crippen LogP contribution in [0.4, 0.5) is 10.1 Å². The topological polar surface area (TPSA) is 116 Å². The monoisotopic (exact) mass is 646 g/mol. The van der Waals surface area contributed by atoms with Crippen molar-refractivity contribution in [2.45, 2.75) is 95.7 Å². The fourth-order valence-electron chi connectivity index (χ4n) is 6.18. The van der Waals surface area contributed by atoms with Crippen molar-refractivity contribution in [1.29, 1.82) is 0 Å². The molecule has 0 bridgehead atoms. The molecular formula is C38H47FN2O6. The molecule has 4 rings (SSSR count). The second-order valence-corrected chi connectivity index (χ2v) is 12.3. The third-order valence-electron chi connectivity index (χ3n) is 8.93. The van der Waals surface area contributed by atoms with Crippen LogP contribution in [-0.4, -0.2) is 35.1 Å². The van der Waals surface area contributed by atoms with E-state index in [1.165, 1.54) is 12.1 Å². The van der Waals surface area contributed by atoms with Gasteiger partial charge >= 0.3 is 5.97 Å². The molecule has 1 unspecified atom stereocenters. The molecule has 1 saturated heterocycles. The number of carbonyl (C=O) groups excluding carboxylic acids is 2. The van der Waals surface area contributed by atoms with Crippen molar-refractivity contribution in [2.24, 2.45) is 5.92 Å². The molecule has 8 nitrogen and oxygen atoms in total. The Balaban J connectivity index is 1.25. The van der Waals surface area contributed by atoms with E-state index in [4.69, 9.17) is 9.84 Å². The average Bonchev–Trinajstić information content (AvgIpc) is 3.07. The molecule has 3 aromatic carbocycles. The molecule has 3 aromatic rings. The Morgan fingerprint density at radius 3 is 2.04 bits per heavy atom. The first-order valence-corrected chi connectivity index (χ1v) is 16.7. The van der Waals surface area contributed by atoms with Gasteiger partial charge in [0.2, 0.25) is 11.8 Å². The summed E-state index contributed by atoms with van der Waals surface area (Å²) >= 11 is 0. The lowest BCUT2D eigenvalue weighted by molar-refractivity contribution is -0.137. The van der Waals surface area contributed by atoms with E-state index in [2.05, 4.69) is 5.32 Å². The smallest absolute Gasteiger partial charge is 0.303 e. The van der Waals surface area contributed by atoms with E-state index >= 15 is 0 Å². The van der Waals surface area contributed by atoms with E-state index in [1.807, 2.05) is 48.5 Å². The number of amides is 2. The van der Waals surface area contributed by atoms with Gasteiger partial charge in [-0.1, -0.05) is 74.9 Å². The van der Waals surface area contributed by atoms with Crippen molar-refractivity contribution in [3.63, 3.8) is 0 Å². The maximum atomic E-state index is 13.5. The molecular weight excluding hydrogens is 599 g/mol. The molecule has 0 saturated carbocycles. The number of unbranched alkanes of at least 4 members (excludes halogenated alkanes) is 7. The number of methoxy groups -OCH3 is 1. The predicted octanol–water partition coefficient (Wildman–Crippen LogP) is 7.65. The lowest BCUT2D eigenvalue weighted by atomic mass is 9.78. The number of carboxylic acids is 1. The Morgan fingerprint density at radius 2 is 1.45 bits per heavy atom. The molecule has 3 atom stereocenters. The van der Waals surface area contributed by atoms with Crippen LogP contribution in [0, 0.1) is 11.7 Å². The fourth-order valence-corrected chi connectivity index (χ4v) is 6.18. The van der Waals surface area contributed by atoms with Crippen LogP contribution in [0.25, 0.3) is 0 Å². The van der Waals surface area contributed by atoms with Crippen LogP contribution in [0.2, 0.25) is 0 Å². The van der Waals surface area contributed by atoms with Crippen LogP contribution in [0.1, 0.15) is 106 Å². The van der Waals surface area contributed by atoms with E-state index < -0.39 is 12.1 Å². The largest absolute Gasteiger partial charge is 0.497 e. The van der Waals surface area contributed by atoms with Gasteiger partial charge in [0.25, 0.3) is 0 Å². The quantitative estimate of drug-likeness (QED) is 0.0858. The molecule has 3 N–H and O–H groups in total. The normalized spacial score (nSPS) is 16.4. The number of aliphatic hydroxyl groups excluding tert-OH is 1. The second-order valence-electron chi connectivity index (χ2n) is 12.3. The van der Waals surface area contributed by atoms with E-state index in [1.54, 1.807) is 24.1 Å². The lowest BCUT2D eigenvalue weighted by Gasteiger charge is -2.48. The number of nitrogens with one attached hydrogen (secondary N) is 1. The van der Waals surface area contributed by atoms with E-state index in [-0.39, 0.29) is 36.0 Å². The highest BCUT2D eigenvalue weighted by molar-refractivity contribution is 6.03. The Hall–Kier alpha value is -4.24. The number of anilines is 1. The van der Waals surface area contributed by atoms with Crippen LogP contribution in [0.15, 0.2) is 72.8 Å². The predicted molar refractivity (Wildman–Crippen MR) is 179 cm³/mol. The van der Waals surface area contributed by atoms with Gasteiger partial charge in [-0.05, 0) is 78.8 Å². The SMILES string of the molecule is COc1ccc(C2[C@@H](CC[C@H](O)c3ccc(F)cc3)C(=O)N2c2ccc(CNC(=O)CCCCCCCCCCC(=O)O)cc2)cc1. The number of aliphatic carboxylic acids is 1. The zero-order chi connectivity index (χ0) is 33.6. The molecule has 0 aliphatic carbocycles. The molecule has 47 heavy (non-hydrogen) atoms. The van der Waals surface area contributed by atoms with Crippen LogP contribution in [-0.2, 0) is 20.9 Å². The summed E-state index contributed by atoms with van der Waals surface area (Å²) < 4.78 is 18.7. The molecule has 1 fully saturated rings. The first kappa shape index (κ1) is 35.6. The number of ether oxygens (including phenoxy) is 1. The van der Waals surface area contributed by atoms with Gasteiger partial charge in [0.05, 0.1) is 25.2 Å². The summed E-state index contributed by atoms with van der Waals surface area (Å²) in [5, 5.41) is 22.4. The van der Waals surface area contributed by atoms with Crippen molar-refractivity contribution in [3.05, 3.63) is 95.3 Å². The highest BCUT2D eigenvalue weighted by Gasteiger charge is 2.48. The van der Waals surface area contributed by atoms with Gasteiger partial charge in [-0.3, -0.25) is 14.4 Å². The number of β-lactam (4-membered cyclic amide) rings is 1. The molecule has 1 heterocycles. The van der Waals surface area contributed by atoms with Gasteiger partial charge in [0, 0.05) is 25.1 Å². The summed E-state index contributed by atoms with van der Waals surface area (Å²) in [6.45, 7) is 0.412. The summed E-state index contributed by atoms with van der Waals surface area (Å²) in [6.07, 6.45) is 8.68. The second kappa shape index (κ2) is 18.2. The van der Waals surface area contributed by atoms with Gasteiger partial charge in [0.1, 0.15) is 11.6 Å². The number of halogens is 1. The highest BCUT2D eigenvalue weighted by Crippen LogP contribution is 2.46. The Kier molecular flexibility index (Phi) is 13.8. The Labute approximate surface area is 277 Å². The molecule has 1 aliphatic rings. The number of carbonyl (C=O) groups is 3. The minimum absolute atomic E-state index is 0.0173. The molecule has 0 spiro atoms. The van der Waals surface area contributed by atoms with Gasteiger partial charge < -0.3 is 25.2 Å². The Morgan fingerprint density at radius 1 is 0.851 bits per heavy atom. The Bertz CT molecular complexity index is 1430. The van der Waals surface area contributed by atoms with Gasteiger partial charge in [-0.2, -0.15) is 0 Å². The molecule has 252 valence electrons. The molecule has 2 amide bonds. The fraction of sp³-hybridized carbons (Fsp3) is 0.447. The number of aliphatic hydroxyl groups is 1. The standard InChI is InChI=1S/C38H47FN2O6/c1-47-32-22-16-29(17-23-32)37-33(24-25-34(42)28-14-18-30(39)19-15-28)38(46)41(37)31-20-12-27(13-21-31)26-40-35(43)10-8-6-4-2-3-5-7-9-11-36(44)45/h12-23,33-34,37,42H,2-11,24-26H2,1H3,(H,40,43)(H,44,45)/t33-,34+,37?/m1/s1. The van der Waals surface area contributed by atoms with E-state index in [0.717, 1.165) is 73.9 Å². The number of carboxylic acid groups (broad SMARTS) is 1. The first-order valence-electron chi connectivity index (χ1n) is 16.7. The molecule has 1 aliphatic heterocycles. The number of nitrogens with zero attached hydrogens (tertiary/aromatic N) is 1. The van der Waals surface area contributed by atoms with Crippen LogP contribution in [0.3, 0.4) is 0 Å². The van der Waals surface area contributed by atoms with Crippen molar-refractivity contribution < 1.29 is 33.7 Å². The first-order chi connectivity index (χ1) is 22.8. The molecule has 9 heteroatoms. The minimum Gasteiger partial charge on any atom is -0.497 e. The number of hydrogen-bond donors (Lipinski definition) is 3. The van der Waals surface area contributed by atoms with Crippen LogP contribution >= 0.6 is 0 Å². The zero-order valence-corrected chi connectivity index (χ0v) is 27.2.